The van der Waals surface area contributed by atoms with E-state index in [9.17, 15) is 4.79 Å². The van der Waals surface area contributed by atoms with Gasteiger partial charge in [0.25, 0.3) is 0 Å². The number of rotatable bonds is 3. The Labute approximate surface area is 137 Å². The van der Waals surface area contributed by atoms with Crippen molar-refractivity contribution < 1.29 is 4.79 Å². The topological polar surface area (TPSA) is 34.4 Å². The van der Waals surface area contributed by atoms with Crippen LogP contribution < -0.4 is 4.80 Å². The Morgan fingerprint density at radius 2 is 1.95 bits per heavy atom. The van der Waals surface area contributed by atoms with Crippen LogP contribution in [0.15, 0.2) is 53.5 Å². The van der Waals surface area contributed by atoms with Crippen molar-refractivity contribution in [2.75, 3.05) is 0 Å². The van der Waals surface area contributed by atoms with Gasteiger partial charge in [-0.15, -0.1) is 0 Å². The second-order valence-electron chi connectivity index (χ2n) is 5.02. The highest BCUT2D eigenvalue weighted by Gasteiger charge is 2.08. The average Bonchev–Trinajstić information content (AvgIpc) is 2.84. The molecule has 22 heavy (non-hydrogen) atoms. The molecule has 0 aliphatic rings. The molecule has 112 valence electrons. The number of para-hydroxylation sites is 1. The maximum Gasteiger partial charge on any atom is 0.248 e. The predicted molar refractivity (Wildman–Crippen MR) is 91.1 cm³/mol. The number of halogens is 1. The lowest BCUT2D eigenvalue weighted by Crippen LogP contribution is -2.13. The first kappa shape index (κ1) is 15.0. The van der Waals surface area contributed by atoms with Gasteiger partial charge in [0.2, 0.25) is 5.91 Å². The molecule has 0 bridgehead atoms. The van der Waals surface area contributed by atoms with Crippen molar-refractivity contribution >= 4 is 39.1 Å². The molecule has 2 aromatic carbocycles. The van der Waals surface area contributed by atoms with Crippen LogP contribution in [0.5, 0.6) is 0 Å². The fourth-order valence-corrected chi connectivity index (χ4v) is 3.74. The average molecular weight is 331 g/mol. The first-order chi connectivity index (χ1) is 10.6. The summed E-state index contributed by atoms with van der Waals surface area (Å²) in [6.07, 6.45) is 1.12. The van der Waals surface area contributed by atoms with Gasteiger partial charge in [0, 0.05) is 13.5 Å². The summed E-state index contributed by atoms with van der Waals surface area (Å²) in [6.45, 7) is 0. The molecule has 0 N–H and O–H groups in total. The second kappa shape index (κ2) is 6.46. The monoisotopic (exact) mass is 330 g/mol. The van der Waals surface area contributed by atoms with Crippen molar-refractivity contribution in [3.05, 3.63) is 63.9 Å². The number of fused-ring (bicyclic) bond motifs is 1. The number of hydrogen-bond donors (Lipinski definition) is 0. The number of aromatic nitrogens is 1. The summed E-state index contributed by atoms with van der Waals surface area (Å²) in [5, 5.41) is 0.675. The largest absolute Gasteiger partial charge is 0.318 e. The number of carbonyl (C=O) groups excluding carboxylic acids is 1. The molecule has 1 heterocycles. The summed E-state index contributed by atoms with van der Waals surface area (Å²) in [7, 11) is 1.88. The van der Waals surface area contributed by atoms with Crippen LogP contribution in [-0.2, 0) is 18.3 Å². The van der Waals surface area contributed by atoms with E-state index in [1.54, 1.807) is 0 Å². The third kappa shape index (κ3) is 3.13. The predicted octanol–water partition coefficient (Wildman–Crippen LogP) is 3.95. The zero-order valence-electron chi connectivity index (χ0n) is 12.1. The van der Waals surface area contributed by atoms with Crippen LogP contribution in [0, 0.1) is 0 Å². The standard InChI is InChI=1S/C17H15ClN2OS/c1-20-16-13(18)8-5-9-14(16)22-17(20)19-15(21)11-10-12-6-3-2-4-7-12/h2-9H,10-11H2,1H3. The number of thiazole rings is 1. The minimum atomic E-state index is -0.109. The van der Waals surface area contributed by atoms with Crippen molar-refractivity contribution in [2.24, 2.45) is 12.0 Å². The fraction of sp³-hybridized carbons (Fsp3) is 0.176. The van der Waals surface area contributed by atoms with Crippen molar-refractivity contribution in [1.29, 1.82) is 0 Å². The van der Waals surface area contributed by atoms with E-state index in [1.807, 2.05) is 60.1 Å². The van der Waals surface area contributed by atoms with E-state index in [1.165, 1.54) is 11.3 Å². The Hall–Kier alpha value is -1.91. The van der Waals surface area contributed by atoms with Gasteiger partial charge in [-0.1, -0.05) is 59.3 Å². The van der Waals surface area contributed by atoms with Crippen LogP contribution in [0.1, 0.15) is 12.0 Å². The quantitative estimate of drug-likeness (QED) is 0.716. The molecule has 3 rings (SSSR count). The van der Waals surface area contributed by atoms with Crippen LogP contribution in [0.2, 0.25) is 5.02 Å². The van der Waals surface area contributed by atoms with Gasteiger partial charge in [0.1, 0.15) is 0 Å². The van der Waals surface area contributed by atoms with Gasteiger partial charge in [-0.25, -0.2) is 0 Å². The van der Waals surface area contributed by atoms with Crippen molar-refractivity contribution in [3.63, 3.8) is 0 Å². The van der Waals surface area contributed by atoms with Crippen LogP contribution in [-0.4, -0.2) is 10.5 Å². The molecule has 0 aliphatic carbocycles. The van der Waals surface area contributed by atoms with Gasteiger partial charge in [0.05, 0.1) is 15.2 Å². The number of hydrogen-bond acceptors (Lipinski definition) is 2. The molecule has 0 spiro atoms. The van der Waals surface area contributed by atoms with E-state index in [2.05, 4.69) is 4.99 Å². The smallest absolute Gasteiger partial charge is 0.248 e. The number of benzene rings is 2. The number of carbonyl (C=O) groups is 1. The maximum atomic E-state index is 12.1. The summed E-state index contributed by atoms with van der Waals surface area (Å²) < 4.78 is 2.91. The molecule has 3 nitrogen and oxygen atoms in total. The summed E-state index contributed by atoms with van der Waals surface area (Å²) in [4.78, 5) is 17.0. The lowest BCUT2D eigenvalue weighted by molar-refractivity contribution is -0.118. The molecular formula is C17H15ClN2OS. The normalized spacial score (nSPS) is 12.0. The van der Waals surface area contributed by atoms with Gasteiger partial charge >= 0.3 is 0 Å². The fourth-order valence-electron chi connectivity index (χ4n) is 2.32. The Bertz CT molecular complexity index is 881. The zero-order chi connectivity index (χ0) is 15.5. The molecule has 0 unspecified atom stereocenters. The molecule has 0 atom stereocenters. The molecule has 1 amide bonds. The van der Waals surface area contributed by atoms with Gasteiger partial charge in [-0.3, -0.25) is 4.79 Å². The maximum absolute atomic E-state index is 12.1. The zero-order valence-corrected chi connectivity index (χ0v) is 13.7. The summed E-state index contributed by atoms with van der Waals surface area (Å²) in [6, 6.07) is 15.7. The first-order valence-corrected chi connectivity index (χ1v) is 8.20. The van der Waals surface area contributed by atoms with E-state index in [0.29, 0.717) is 22.7 Å². The Kier molecular flexibility index (Phi) is 4.41. The number of nitrogens with zero attached hydrogens (tertiary/aromatic N) is 2. The minimum Gasteiger partial charge on any atom is -0.318 e. The van der Waals surface area contributed by atoms with E-state index in [0.717, 1.165) is 15.8 Å². The van der Waals surface area contributed by atoms with Gasteiger partial charge in [-0.2, -0.15) is 4.99 Å². The second-order valence-corrected chi connectivity index (χ2v) is 6.44. The highest BCUT2D eigenvalue weighted by atomic mass is 35.5. The lowest BCUT2D eigenvalue weighted by atomic mass is 10.1. The number of aryl methyl sites for hydroxylation is 2. The van der Waals surface area contributed by atoms with Crippen molar-refractivity contribution in [2.45, 2.75) is 12.8 Å². The van der Waals surface area contributed by atoms with Crippen LogP contribution in [0.25, 0.3) is 10.2 Å². The summed E-state index contributed by atoms with van der Waals surface area (Å²) >= 11 is 7.69. The highest BCUT2D eigenvalue weighted by Crippen LogP contribution is 2.24. The Morgan fingerprint density at radius 3 is 2.68 bits per heavy atom. The molecule has 0 saturated heterocycles. The van der Waals surface area contributed by atoms with Crippen LogP contribution in [0.3, 0.4) is 0 Å². The van der Waals surface area contributed by atoms with E-state index < -0.39 is 0 Å². The molecule has 0 saturated carbocycles. The molecule has 5 heteroatoms. The highest BCUT2D eigenvalue weighted by molar-refractivity contribution is 7.16. The molecule has 1 aromatic heterocycles. The van der Waals surface area contributed by atoms with Gasteiger partial charge in [-0.05, 0) is 24.1 Å². The lowest BCUT2D eigenvalue weighted by Gasteiger charge is -1.98. The van der Waals surface area contributed by atoms with E-state index in [4.69, 9.17) is 11.6 Å². The third-order valence-corrected chi connectivity index (χ3v) is 4.87. The Balaban J connectivity index is 1.84. The summed E-state index contributed by atoms with van der Waals surface area (Å²) in [5.41, 5.74) is 2.07. The molecule has 0 fully saturated rings. The van der Waals surface area contributed by atoms with Crippen LogP contribution in [0.4, 0.5) is 0 Å². The van der Waals surface area contributed by atoms with E-state index >= 15 is 0 Å². The van der Waals surface area contributed by atoms with Crippen LogP contribution >= 0.6 is 22.9 Å². The van der Waals surface area contributed by atoms with Gasteiger partial charge < -0.3 is 4.57 Å². The van der Waals surface area contributed by atoms with Crippen molar-refractivity contribution in [1.82, 2.24) is 4.57 Å². The van der Waals surface area contributed by atoms with Crippen molar-refractivity contribution in [3.8, 4) is 0 Å². The molecule has 3 aromatic rings. The SMILES string of the molecule is Cn1c(=NC(=O)CCc2ccccc2)sc2cccc(Cl)c21. The molecule has 0 aliphatic heterocycles. The molecular weight excluding hydrogens is 316 g/mol. The van der Waals surface area contributed by atoms with Gasteiger partial charge in [0.15, 0.2) is 4.80 Å². The number of amides is 1. The van der Waals surface area contributed by atoms with E-state index in [-0.39, 0.29) is 5.91 Å². The summed E-state index contributed by atoms with van der Waals surface area (Å²) in [5.74, 6) is -0.109. The Morgan fingerprint density at radius 1 is 1.18 bits per heavy atom. The first-order valence-electron chi connectivity index (χ1n) is 7.00. The molecule has 0 radical (unpaired) electrons. The minimum absolute atomic E-state index is 0.109. The third-order valence-electron chi connectivity index (χ3n) is 3.46.